The minimum atomic E-state index is -0.542. The van der Waals surface area contributed by atoms with Crippen molar-refractivity contribution in [1.29, 1.82) is 0 Å². The first-order chi connectivity index (χ1) is 9.54. The fourth-order valence-corrected chi connectivity index (χ4v) is 0.893. The highest BCUT2D eigenvalue weighted by molar-refractivity contribution is 4.56. The Hall–Kier alpha value is -0.200. The molecule has 5 N–H and O–H groups in total. The van der Waals surface area contributed by atoms with E-state index in [1.54, 1.807) is 0 Å². The molecule has 0 aromatic carbocycles. The summed E-state index contributed by atoms with van der Waals surface area (Å²) in [4.78, 5) is 0. The Balaban J connectivity index is -0.000000108. The van der Waals surface area contributed by atoms with Crippen LogP contribution < -0.4 is 0 Å². The molecule has 0 amide bonds. The van der Waals surface area contributed by atoms with Gasteiger partial charge in [-0.15, -0.1) is 0 Å². The normalized spacial score (nSPS) is 14.3. The zero-order valence-corrected chi connectivity index (χ0v) is 14.8. The minimum Gasteiger partial charge on any atom is -0.394 e. The molecule has 140 valence electrons. The first kappa shape index (κ1) is 29.8. The van der Waals surface area contributed by atoms with Gasteiger partial charge in [-0.05, 0) is 24.2 Å². The van der Waals surface area contributed by atoms with Gasteiger partial charge in [-0.2, -0.15) is 0 Å². The van der Waals surface area contributed by atoms with Crippen molar-refractivity contribution < 1.29 is 25.5 Å². The molecule has 0 spiro atoms. The van der Waals surface area contributed by atoms with E-state index in [1.807, 2.05) is 48.5 Å². The second kappa shape index (κ2) is 18.8. The van der Waals surface area contributed by atoms with E-state index in [0.717, 1.165) is 6.42 Å². The molecule has 0 aliphatic rings. The van der Waals surface area contributed by atoms with Gasteiger partial charge in [0.1, 0.15) is 0 Å². The van der Waals surface area contributed by atoms with E-state index >= 15 is 0 Å². The Morgan fingerprint density at radius 1 is 0.591 bits per heavy atom. The van der Waals surface area contributed by atoms with Crippen LogP contribution in [0.3, 0.4) is 0 Å². The molecule has 1 unspecified atom stereocenters. The molecule has 0 bridgehead atoms. The van der Waals surface area contributed by atoms with E-state index in [4.69, 9.17) is 25.5 Å². The van der Waals surface area contributed by atoms with E-state index < -0.39 is 12.2 Å². The van der Waals surface area contributed by atoms with E-state index in [2.05, 4.69) is 0 Å². The third-order valence-electron chi connectivity index (χ3n) is 3.10. The Bertz CT molecular complexity index is 162. The maximum absolute atomic E-state index is 8.94. The molecule has 0 heterocycles. The predicted octanol–water partition coefficient (Wildman–Crippen LogP) is 2.04. The fourth-order valence-electron chi connectivity index (χ4n) is 0.893. The Morgan fingerprint density at radius 2 is 0.818 bits per heavy atom. The summed E-state index contributed by atoms with van der Waals surface area (Å²) in [5, 5.41) is 42.8. The minimum absolute atomic E-state index is 0. The van der Waals surface area contributed by atoms with Crippen LogP contribution in [0.2, 0.25) is 0 Å². The van der Waals surface area contributed by atoms with Crippen LogP contribution in [0, 0.1) is 17.8 Å². The molecule has 0 saturated carbocycles. The number of hydrogen-bond donors (Lipinski definition) is 5. The SMILES string of the molecule is C.CC(C)C(O)CO.CC(C)[C@H](O)CO.CC[C@H](O)C(C)C. The van der Waals surface area contributed by atoms with Gasteiger partial charge in [0.2, 0.25) is 0 Å². The molecular weight excluding hydrogens is 284 g/mol. The number of aliphatic hydroxyl groups excluding tert-OH is 5. The number of rotatable bonds is 6. The summed E-state index contributed by atoms with van der Waals surface area (Å²) in [6, 6.07) is 0. The third kappa shape index (κ3) is 22.1. The molecule has 0 aromatic rings. The van der Waals surface area contributed by atoms with E-state index in [9.17, 15) is 0 Å². The smallest absolute Gasteiger partial charge is 0.0793 e. The fraction of sp³-hybridized carbons (Fsp3) is 1.00. The summed E-state index contributed by atoms with van der Waals surface area (Å²) < 4.78 is 0. The molecule has 3 atom stereocenters. The molecule has 22 heavy (non-hydrogen) atoms. The van der Waals surface area contributed by atoms with Crippen LogP contribution >= 0.6 is 0 Å². The van der Waals surface area contributed by atoms with Crippen LogP contribution in [0.5, 0.6) is 0 Å². The van der Waals surface area contributed by atoms with Gasteiger partial charge in [-0.25, -0.2) is 0 Å². The van der Waals surface area contributed by atoms with E-state index in [0.29, 0.717) is 5.92 Å². The average molecular weight is 327 g/mol. The zero-order valence-electron chi connectivity index (χ0n) is 14.8. The van der Waals surface area contributed by atoms with Crippen LogP contribution in [0.4, 0.5) is 0 Å². The monoisotopic (exact) mass is 326 g/mol. The molecular formula is C17H42O5. The van der Waals surface area contributed by atoms with Gasteiger partial charge in [0.15, 0.2) is 0 Å². The van der Waals surface area contributed by atoms with Gasteiger partial charge in [0.05, 0.1) is 31.5 Å². The lowest BCUT2D eigenvalue weighted by molar-refractivity contribution is 0.0597. The van der Waals surface area contributed by atoms with Gasteiger partial charge in [-0.3, -0.25) is 0 Å². The summed E-state index contributed by atoms with van der Waals surface area (Å²) in [7, 11) is 0. The molecule has 0 radical (unpaired) electrons. The second-order valence-electron chi connectivity index (χ2n) is 6.21. The van der Waals surface area contributed by atoms with Crippen LogP contribution in [-0.4, -0.2) is 57.1 Å². The summed E-state index contributed by atoms with van der Waals surface area (Å²) in [5.74, 6) is 0.764. The highest BCUT2D eigenvalue weighted by atomic mass is 16.3. The van der Waals surface area contributed by atoms with Crippen molar-refractivity contribution in [1.82, 2.24) is 0 Å². The highest BCUT2D eigenvalue weighted by Crippen LogP contribution is 2.02. The topological polar surface area (TPSA) is 101 Å². The molecule has 0 aliphatic heterocycles. The summed E-state index contributed by atoms with van der Waals surface area (Å²) >= 11 is 0. The van der Waals surface area contributed by atoms with Crippen molar-refractivity contribution in [3.05, 3.63) is 0 Å². The van der Waals surface area contributed by atoms with Gasteiger partial charge >= 0.3 is 0 Å². The summed E-state index contributed by atoms with van der Waals surface area (Å²) in [6.07, 6.45) is -0.308. The first-order valence-electron chi connectivity index (χ1n) is 7.80. The van der Waals surface area contributed by atoms with Gasteiger partial charge in [-0.1, -0.05) is 55.9 Å². The van der Waals surface area contributed by atoms with Gasteiger partial charge in [0.25, 0.3) is 0 Å². The van der Waals surface area contributed by atoms with Crippen LogP contribution in [0.1, 0.15) is 62.3 Å². The summed E-state index contributed by atoms with van der Waals surface area (Å²) in [6.45, 7) is 13.2. The van der Waals surface area contributed by atoms with Crippen LogP contribution in [0.25, 0.3) is 0 Å². The zero-order chi connectivity index (χ0) is 17.6. The second-order valence-corrected chi connectivity index (χ2v) is 6.21. The average Bonchev–Trinajstić information content (AvgIpc) is 2.45. The lowest BCUT2D eigenvalue weighted by Crippen LogP contribution is -2.18. The molecule has 0 aliphatic carbocycles. The van der Waals surface area contributed by atoms with Crippen LogP contribution in [0.15, 0.2) is 0 Å². The first-order valence-corrected chi connectivity index (χ1v) is 7.80. The Labute approximate surface area is 138 Å². The van der Waals surface area contributed by atoms with Crippen molar-refractivity contribution in [2.75, 3.05) is 13.2 Å². The van der Waals surface area contributed by atoms with Crippen molar-refractivity contribution in [2.45, 2.75) is 80.6 Å². The van der Waals surface area contributed by atoms with Crippen LogP contribution in [-0.2, 0) is 0 Å². The lowest BCUT2D eigenvalue weighted by atomic mass is 10.1. The van der Waals surface area contributed by atoms with Crippen molar-refractivity contribution in [3.63, 3.8) is 0 Å². The molecule has 0 rings (SSSR count). The molecule has 0 saturated heterocycles. The Kier molecular flexibility index (Phi) is 25.5. The Morgan fingerprint density at radius 3 is 0.818 bits per heavy atom. The van der Waals surface area contributed by atoms with Gasteiger partial charge < -0.3 is 25.5 Å². The predicted molar refractivity (Wildman–Crippen MR) is 93.7 cm³/mol. The number of aliphatic hydroxyl groups is 5. The van der Waals surface area contributed by atoms with Gasteiger partial charge in [0, 0.05) is 0 Å². The highest BCUT2D eigenvalue weighted by Gasteiger charge is 2.05. The van der Waals surface area contributed by atoms with Crippen molar-refractivity contribution in [3.8, 4) is 0 Å². The standard InChI is InChI=1S/C6H14O.2C5H12O2.CH4/c1-4-6(7)5(2)3;2*1-4(2)5(7)3-6;/h5-7H,4H2,1-3H3;2*4-7H,3H2,1-2H3;1H4/t6-;5-;;/m01../s1. The van der Waals surface area contributed by atoms with E-state index in [-0.39, 0.29) is 38.6 Å². The van der Waals surface area contributed by atoms with Crippen molar-refractivity contribution >= 4 is 0 Å². The third-order valence-corrected chi connectivity index (χ3v) is 3.10. The largest absolute Gasteiger partial charge is 0.394 e. The molecule has 5 nitrogen and oxygen atoms in total. The van der Waals surface area contributed by atoms with Crippen molar-refractivity contribution in [2.24, 2.45) is 17.8 Å². The maximum Gasteiger partial charge on any atom is 0.0793 e. The maximum atomic E-state index is 8.94. The summed E-state index contributed by atoms with van der Waals surface area (Å²) in [5.41, 5.74) is 0. The lowest BCUT2D eigenvalue weighted by Gasteiger charge is -2.09. The molecule has 0 fully saturated rings. The molecule has 5 heteroatoms. The molecule has 0 aromatic heterocycles. The van der Waals surface area contributed by atoms with E-state index in [1.165, 1.54) is 0 Å². The quantitative estimate of drug-likeness (QED) is 0.514. The number of hydrogen-bond acceptors (Lipinski definition) is 5.